The number of aliphatic carboxylic acids is 1. The zero-order valence-corrected chi connectivity index (χ0v) is 15.4. The van der Waals surface area contributed by atoms with Crippen LogP contribution in [-0.4, -0.2) is 54.6 Å². The van der Waals surface area contributed by atoms with E-state index in [1.54, 1.807) is 13.8 Å². The lowest BCUT2D eigenvalue weighted by molar-refractivity contribution is -0.845. The molecule has 140 valence electrons. The molecule has 0 aromatic heterocycles. The zero-order chi connectivity index (χ0) is 18.9. The third kappa shape index (κ3) is 9.50. The topological polar surface area (TPSA) is 109 Å². The van der Waals surface area contributed by atoms with Crippen LogP contribution in [0.3, 0.4) is 0 Å². The second-order valence-electron chi connectivity index (χ2n) is 7.22. The second-order valence-corrected chi connectivity index (χ2v) is 7.22. The van der Waals surface area contributed by atoms with Crippen molar-refractivity contribution in [3.05, 3.63) is 7.05 Å². The highest BCUT2D eigenvalue weighted by Crippen LogP contribution is 2.23. The van der Waals surface area contributed by atoms with Gasteiger partial charge in [0.05, 0.1) is 12.5 Å². The molecule has 7 heteroatoms. The summed E-state index contributed by atoms with van der Waals surface area (Å²) in [5.74, 6) is -3.31. The van der Waals surface area contributed by atoms with Gasteiger partial charge in [-0.05, 0) is 19.3 Å². The van der Waals surface area contributed by atoms with Crippen LogP contribution in [0.25, 0.3) is 0 Å². The van der Waals surface area contributed by atoms with E-state index in [-0.39, 0.29) is 18.7 Å². The van der Waals surface area contributed by atoms with Gasteiger partial charge in [0.2, 0.25) is 11.8 Å². The number of carboxylic acid groups (broad SMARTS) is 1. The number of nitrogens with one attached hydrogen (secondary N) is 1. The molecular formula is C17H33N3O4. The van der Waals surface area contributed by atoms with Crippen LogP contribution in [-0.2, 0) is 14.4 Å². The van der Waals surface area contributed by atoms with Gasteiger partial charge in [0.1, 0.15) is 0 Å². The zero-order valence-electron chi connectivity index (χ0n) is 15.4. The van der Waals surface area contributed by atoms with Crippen LogP contribution < -0.4 is 11.1 Å². The number of carboxylic acids is 1. The summed E-state index contributed by atoms with van der Waals surface area (Å²) in [7, 11) is 7.91. The maximum atomic E-state index is 12.1. The van der Waals surface area contributed by atoms with E-state index in [0.717, 1.165) is 13.0 Å². The fraction of sp³-hybridized carbons (Fsp3) is 0.765. The molecule has 0 spiro atoms. The molecule has 0 fully saturated rings. The molecule has 0 aromatic carbocycles. The van der Waals surface area contributed by atoms with E-state index in [9.17, 15) is 19.5 Å². The Bertz CT molecular complexity index is 432. The van der Waals surface area contributed by atoms with Crippen molar-refractivity contribution in [3.63, 3.8) is 0 Å². The van der Waals surface area contributed by atoms with Gasteiger partial charge in [0.25, 0.3) is 0 Å². The van der Waals surface area contributed by atoms with Crippen LogP contribution in [0.5, 0.6) is 0 Å². The number of amides is 2. The highest BCUT2D eigenvalue weighted by Gasteiger charge is 2.28. The van der Waals surface area contributed by atoms with Crippen LogP contribution in [0.1, 0.15) is 39.5 Å². The Morgan fingerprint density at radius 2 is 1.79 bits per heavy atom. The molecule has 0 aliphatic carbocycles. The van der Waals surface area contributed by atoms with Crippen LogP contribution in [0.4, 0.5) is 0 Å². The molecule has 3 atom stereocenters. The molecule has 3 unspecified atom stereocenters. The number of hydrogen-bond acceptors (Lipinski definition) is 3. The van der Waals surface area contributed by atoms with E-state index in [1.165, 1.54) is 0 Å². The van der Waals surface area contributed by atoms with E-state index in [0.29, 0.717) is 17.4 Å². The van der Waals surface area contributed by atoms with Crippen molar-refractivity contribution >= 4 is 17.8 Å². The lowest BCUT2D eigenvalue weighted by Crippen LogP contribution is -2.37. The van der Waals surface area contributed by atoms with Crippen molar-refractivity contribution in [2.75, 3.05) is 27.2 Å². The first-order valence-electron chi connectivity index (χ1n) is 8.45. The van der Waals surface area contributed by atoms with Crippen LogP contribution in [0.2, 0.25) is 0 Å². The largest absolute Gasteiger partial charge is 0.481 e. The predicted molar refractivity (Wildman–Crippen MR) is 92.5 cm³/mol. The molecule has 0 aliphatic heterocycles. The summed E-state index contributed by atoms with van der Waals surface area (Å²) in [6, 6.07) is 0. The summed E-state index contributed by atoms with van der Waals surface area (Å²) >= 11 is 0. The van der Waals surface area contributed by atoms with E-state index in [4.69, 9.17) is 5.73 Å². The lowest BCUT2D eigenvalue weighted by Gasteiger charge is -2.32. The highest BCUT2D eigenvalue weighted by atomic mass is 16.4. The monoisotopic (exact) mass is 343 g/mol. The molecule has 0 radical (unpaired) electrons. The van der Waals surface area contributed by atoms with Gasteiger partial charge in [0.15, 0.2) is 0 Å². The van der Waals surface area contributed by atoms with Gasteiger partial charge in [-0.25, -0.2) is 0 Å². The molecule has 0 aliphatic rings. The first-order chi connectivity index (χ1) is 11.0. The smallest absolute Gasteiger partial charge is 0.306 e. The quantitative estimate of drug-likeness (QED) is 0.279. The van der Waals surface area contributed by atoms with E-state index >= 15 is 0 Å². The minimum absolute atomic E-state index is 0.164. The van der Waals surface area contributed by atoms with Gasteiger partial charge in [-0.1, -0.05) is 13.8 Å². The number of primary amides is 1. The summed E-state index contributed by atoms with van der Waals surface area (Å²) in [5, 5.41) is 12.2. The molecule has 0 bridgehead atoms. The minimum Gasteiger partial charge on any atom is -0.481 e. The van der Waals surface area contributed by atoms with Crippen LogP contribution >= 0.6 is 0 Å². The highest BCUT2D eigenvalue weighted by molar-refractivity contribution is 5.80. The Hall–Kier alpha value is -1.63. The molecule has 0 saturated heterocycles. The Labute approximate surface area is 145 Å². The molecular weight excluding hydrogens is 310 g/mol. The summed E-state index contributed by atoms with van der Waals surface area (Å²) in [6.07, 6.45) is 1.67. The number of nitrogens with two attached hydrogens (primary N) is 1. The Kier molecular flexibility index (Phi) is 9.58. The van der Waals surface area contributed by atoms with Crippen molar-refractivity contribution in [2.45, 2.75) is 39.5 Å². The lowest BCUT2D eigenvalue weighted by atomic mass is 9.86. The van der Waals surface area contributed by atoms with Gasteiger partial charge in [0, 0.05) is 38.9 Å². The average Bonchev–Trinajstić information content (AvgIpc) is 2.45. The number of carbonyl (C=O) groups is 3. The van der Waals surface area contributed by atoms with Crippen molar-refractivity contribution in [3.8, 4) is 0 Å². The third-order valence-corrected chi connectivity index (χ3v) is 4.14. The Morgan fingerprint density at radius 3 is 2.21 bits per heavy atom. The van der Waals surface area contributed by atoms with E-state index in [1.807, 2.05) is 14.1 Å². The van der Waals surface area contributed by atoms with Crippen LogP contribution in [0, 0.1) is 24.8 Å². The summed E-state index contributed by atoms with van der Waals surface area (Å²) in [5.41, 5.74) is 5.28. The number of hydrogen-bond donors (Lipinski definition) is 3. The van der Waals surface area contributed by atoms with Crippen molar-refractivity contribution in [1.29, 1.82) is 0 Å². The Morgan fingerprint density at radius 1 is 1.21 bits per heavy atom. The minimum atomic E-state index is -0.995. The molecule has 7 nitrogen and oxygen atoms in total. The van der Waals surface area contributed by atoms with Gasteiger partial charge in [-0.2, -0.15) is 0 Å². The first-order valence-corrected chi connectivity index (χ1v) is 8.45. The molecule has 0 aromatic rings. The summed E-state index contributed by atoms with van der Waals surface area (Å²) in [4.78, 5) is 34.8. The SMILES string of the molecule is [CH2-][N+](C)(C)CCCNC(=O)C(C)CC(CC(CC)C(N)=O)C(=O)O. The average molecular weight is 343 g/mol. The Balaban J connectivity index is 4.45. The van der Waals surface area contributed by atoms with Gasteiger partial charge >= 0.3 is 5.97 Å². The second kappa shape index (κ2) is 10.3. The van der Waals surface area contributed by atoms with Gasteiger partial charge in [-0.3, -0.25) is 14.4 Å². The van der Waals surface area contributed by atoms with E-state index < -0.39 is 29.6 Å². The predicted octanol–water partition coefficient (Wildman–Crippen LogP) is 0.989. The van der Waals surface area contributed by atoms with Crippen LogP contribution in [0.15, 0.2) is 0 Å². The molecule has 4 N–H and O–H groups in total. The first kappa shape index (κ1) is 22.4. The molecule has 0 saturated carbocycles. The third-order valence-electron chi connectivity index (χ3n) is 4.14. The maximum Gasteiger partial charge on any atom is 0.306 e. The molecule has 2 amide bonds. The summed E-state index contributed by atoms with van der Waals surface area (Å²) < 4.78 is 0.581. The maximum absolute atomic E-state index is 12.1. The van der Waals surface area contributed by atoms with Crippen molar-refractivity contribution < 1.29 is 24.0 Å². The molecule has 24 heavy (non-hydrogen) atoms. The normalized spacial score (nSPS) is 15.4. The van der Waals surface area contributed by atoms with Crippen molar-refractivity contribution in [1.82, 2.24) is 5.32 Å². The molecule has 0 rings (SSSR count). The molecule has 0 heterocycles. The fourth-order valence-corrected chi connectivity index (χ4v) is 2.55. The fourth-order valence-electron chi connectivity index (χ4n) is 2.55. The number of nitrogens with zero attached hydrogens (tertiary/aromatic N) is 1. The van der Waals surface area contributed by atoms with Gasteiger partial charge < -0.3 is 20.6 Å². The number of quaternary nitrogens is 1. The standard InChI is InChI=1S/C17H33N3O4/c1-6-13(15(18)21)11-14(17(23)24)10-12(2)16(22)19-8-7-9-20(3,4)5/h12-14H,3,6-11H2,1-2,4-5H3,(H2,18,21)(H,19,22)(H,23,24). The van der Waals surface area contributed by atoms with E-state index in [2.05, 4.69) is 12.4 Å². The summed E-state index contributed by atoms with van der Waals surface area (Å²) in [6.45, 7) is 4.88. The van der Waals surface area contributed by atoms with Gasteiger partial charge in [-0.15, -0.1) is 7.05 Å². The number of rotatable bonds is 12. The number of carbonyl (C=O) groups excluding carboxylic acids is 2. The van der Waals surface area contributed by atoms with Crippen molar-refractivity contribution in [2.24, 2.45) is 23.5 Å².